The van der Waals surface area contributed by atoms with E-state index in [1.807, 2.05) is 6.92 Å². The lowest BCUT2D eigenvalue weighted by Crippen LogP contribution is -2.55. The second-order valence-corrected chi connectivity index (χ2v) is 9.13. The number of rotatable bonds is 0. The predicted octanol–water partition coefficient (Wildman–Crippen LogP) is 4.81. The Kier molecular flexibility index (Phi) is 3.84. The molecule has 0 saturated heterocycles. The molecule has 1 N–H and O–H groups in total. The van der Waals surface area contributed by atoms with Gasteiger partial charge in [-0.2, -0.15) is 0 Å². The van der Waals surface area contributed by atoms with E-state index in [2.05, 4.69) is 58.7 Å². The van der Waals surface area contributed by atoms with Gasteiger partial charge >= 0.3 is 0 Å². The van der Waals surface area contributed by atoms with E-state index in [1.165, 1.54) is 5.57 Å². The van der Waals surface area contributed by atoms with Crippen LogP contribution in [0.25, 0.3) is 0 Å². The van der Waals surface area contributed by atoms with Crippen LogP contribution in [0.4, 0.5) is 0 Å². The SMILES string of the molecule is CC1=CC[C@H](Br)C(C)(C)[C@@]12CC[C@@](C)(O)[C@H](Br)C2. The van der Waals surface area contributed by atoms with E-state index >= 15 is 0 Å². The van der Waals surface area contributed by atoms with Crippen LogP contribution in [0, 0.1) is 10.8 Å². The van der Waals surface area contributed by atoms with Crippen LogP contribution in [0.3, 0.4) is 0 Å². The van der Waals surface area contributed by atoms with Gasteiger partial charge in [-0.05, 0) is 50.4 Å². The molecule has 2 aliphatic carbocycles. The molecule has 0 aliphatic heterocycles. The third-order valence-corrected chi connectivity index (χ3v) is 8.49. The molecular weight excluding hydrogens is 356 g/mol. The fraction of sp³-hybridized carbons (Fsp3) is 0.867. The van der Waals surface area contributed by atoms with E-state index in [1.54, 1.807) is 0 Å². The van der Waals surface area contributed by atoms with Crippen LogP contribution >= 0.6 is 31.9 Å². The first-order valence-electron chi connectivity index (χ1n) is 6.81. The second-order valence-electron chi connectivity index (χ2n) is 6.92. The Bertz CT molecular complexity index is 373. The molecule has 0 amide bonds. The molecule has 104 valence electrons. The minimum absolute atomic E-state index is 0.180. The molecule has 4 atom stereocenters. The summed E-state index contributed by atoms with van der Waals surface area (Å²) in [5.74, 6) is 0. The quantitative estimate of drug-likeness (QED) is 0.472. The highest BCUT2D eigenvalue weighted by Gasteiger charge is 2.56. The van der Waals surface area contributed by atoms with Crippen LogP contribution in [0.1, 0.15) is 53.4 Å². The van der Waals surface area contributed by atoms with Crippen molar-refractivity contribution < 1.29 is 5.11 Å². The summed E-state index contributed by atoms with van der Waals surface area (Å²) in [6, 6.07) is 0. The van der Waals surface area contributed by atoms with Crippen molar-refractivity contribution in [1.82, 2.24) is 0 Å². The van der Waals surface area contributed by atoms with Gasteiger partial charge in [-0.15, -0.1) is 0 Å². The van der Waals surface area contributed by atoms with Crippen molar-refractivity contribution in [2.75, 3.05) is 0 Å². The van der Waals surface area contributed by atoms with E-state index in [0.717, 1.165) is 25.7 Å². The lowest BCUT2D eigenvalue weighted by atomic mass is 9.50. The van der Waals surface area contributed by atoms with Crippen molar-refractivity contribution in [2.24, 2.45) is 10.8 Å². The van der Waals surface area contributed by atoms with Gasteiger partial charge in [0.1, 0.15) is 0 Å². The second kappa shape index (κ2) is 4.60. The number of halogens is 2. The Hall–Kier alpha value is 0.660. The van der Waals surface area contributed by atoms with Crippen molar-refractivity contribution in [1.29, 1.82) is 0 Å². The van der Waals surface area contributed by atoms with Gasteiger partial charge in [-0.25, -0.2) is 0 Å². The minimum Gasteiger partial charge on any atom is -0.389 e. The number of alkyl halides is 2. The van der Waals surface area contributed by atoms with E-state index < -0.39 is 5.60 Å². The zero-order chi connectivity index (χ0) is 13.8. The topological polar surface area (TPSA) is 20.2 Å². The fourth-order valence-electron chi connectivity index (χ4n) is 3.77. The fourth-order valence-corrected chi connectivity index (χ4v) is 5.18. The maximum absolute atomic E-state index is 10.4. The van der Waals surface area contributed by atoms with Crippen molar-refractivity contribution in [3.63, 3.8) is 0 Å². The highest BCUT2D eigenvalue weighted by atomic mass is 79.9. The molecule has 1 spiro atoms. The molecule has 0 aromatic rings. The third-order valence-electron chi connectivity index (χ3n) is 5.66. The Labute approximate surface area is 128 Å². The predicted molar refractivity (Wildman–Crippen MR) is 84.5 cm³/mol. The summed E-state index contributed by atoms with van der Waals surface area (Å²) in [5.41, 5.74) is 1.40. The zero-order valence-electron chi connectivity index (χ0n) is 11.8. The minimum atomic E-state index is -0.569. The van der Waals surface area contributed by atoms with Gasteiger partial charge in [0.15, 0.2) is 0 Å². The molecule has 2 rings (SSSR count). The largest absolute Gasteiger partial charge is 0.389 e. The van der Waals surface area contributed by atoms with Gasteiger partial charge in [-0.1, -0.05) is 57.4 Å². The van der Waals surface area contributed by atoms with Gasteiger partial charge in [0, 0.05) is 9.65 Å². The molecule has 1 saturated carbocycles. The van der Waals surface area contributed by atoms with Gasteiger partial charge in [0.25, 0.3) is 0 Å². The number of aliphatic hydroxyl groups is 1. The number of hydrogen-bond donors (Lipinski definition) is 1. The standard InChI is InChI=1S/C15H24Br2O/c1-10-5-6-11(16)13(2,3)15(10)8-7-14(4,18)12(17)9-15/h5,11-12,18H,6-9H2,1-4H3/t11-,12+,14+,15+/m0/s1. The van der Waals surface area contributed by atoms with Crippen LogP contribution in [0.15, 0.2) is 11.6 Å². The summed E-state index contributed by atoms with van der Waals surface area (Å²) >= 11 is 7.60. The van der Waals surface area contributed by atoms with E-state index in [-0.39, 0.29) is 15.7 Å². The first-order valence-corrected chi connectivity index (χ1v) is 8.64. The summed E-state index contributed by atoms with van der Waals surface area (Å²) in [6.45, 7) is 8.99. The van der Waals surface area contributed by atoms with Crippen LogP contribution in [-0.4, -0.2) is 20.4 Å². The molecule has 0 aromatic heterocycles. The highest BCUT2D eigenvalue weighted by Crippen LogP contribution is 2.62. The van der Waals surface area contributed by atoms with Crippen molar-refractivity contribution in [2.45, 2.75) is 68.6 Å². The van der Waals surface area contributed by atoms with E-state index in [4.69, 9.17) is 0 Å². The average Bonchev–Trinajstić information content (AvgIpc) is 2.27. The Morgan fingerprint density at radius 2 is 1.78 bits per heavy atom. The molecule has 1 nitrogen and oxygen atoms in total. The molecule has 1 fully saturated rings. The first kappa shape index (κ1) is 15.1. The molecule has 0 heterocycles. The van der Waals surface area contributed by atoms with Crippen molar-refractivity contribution in [3.05, 3.63) is 11.6 Å². The molecule has 0 radical (unpaired) electrons. The van der Waals surface area contributed by atoms with Crippen LogP contribution in [-0.2, 0) is 0 Å². The van der Waals surface area contributed by atoms with Crippen LogP contribution in [0.5, 0.6) is 0 Å². The number of allylic oxidation sites excluding steroid dienone is 2. The first-order chi connectivity index (χ1) is 8.13. The maximum Gasteiger partial charge on any atom is 0.0744 e. The average molecular weight is 380 g/mol. The summed E-state index contributed by atoms with van der Waals surface area (Å²) in [6.07, 6.45) is 6.49. The molecular formula is C15H24Br2O. The summed E-state index contributed by atoms with van der Waals surface area (Å²) in [7, 11) is 0. The van der Waals surface area contributed by atoms with Gasteiger partial charge in [0.2, 0.25) is 0 Å². The van der Waals surface area contributed by atoms with Crippen LogP contribution in [0.2, 0.25) is 0 Å². The van der Waals surface area contributed by atoms with Crippen molar-refractivity contribution >= 4 is 31.9 Å². The molecule has 0 bridgehead atoms. The number of hydrogen-bond acceptors (Lipinski definition) is 1. The Morgan fingerprint density at radius 1 is 1.17 bits per heavy atom. The van der Waals surface area contributed by atoms with Crippen LogP contribution < -0.4 is 0 Å². The maximum atomic E-state index is 10.4. The molecule has 0 unspecified atom stereocenters. The summed E-state index contributed by atoms with van der Waals surface area (Å²) < 4.78 is 0. The third kappa shape index (κ3) is 2.05. The summed E-state index contributed by atoms with van der Waals surface area (Å²) in [5, 5.41) is 10.4. The molecule has 0 aromatic carbocycles. The summed E-state index contributed by atoms with van der Waals surface area (Å²) in [4.78, 5) is 0.704. The lowest BCUT2D eigenvalue weighted by Gasteiger charge is -2.58. The van der Waals surface area contributed by atoms with E-state index in [9.17, 15) is 5.11 Å². The monoisotopic (exact) mass is 378 g/mol. The Morgan fingerprint density at radius 3 is 2.33 bits per heavy atom. The van der Waals surface area contributed by atoms with Crippen molar-refractivity contribution in [3.8, 4) is 0 Å². The lowest BCUT2D eigenvalue weighted by molar-refractivity contribution is -0.0418. The van der Waals surface area contributed by atoms with Gasteiger partial charge in [-0.3, -0.25) is 0 Å². The molecule has 2 aliphatic rings. The zero-order valence-corrected chi connectivity index (χ0v) is 14.9. The van der Waals surface area contributed by atoms with E-state index in [0.29, 0.717) is 4.83 Å². The van der Waals surface area contributed by atoms with Gasteiger partial charge < -0.3 is 5.11 Å². The normalized spacial score (nSPS) is 48.1. The molecule has 3 heteroatoms. The Balaban J connectivity index is 2.41. The highest BCUT2D eigenvalue weighted by molar-refractivity contribution is 9.09. The van der Waals surface area contributed by atoms with Gasteiger partial charge in [0.05, 0.1) is 5.60 Å². The molecule has 18 heavy (non-hydrogen) atoms. The smallest absolute Gasteiger partial charge is 0.0744 e.